The minimum Gasteiger partial charge on any atom is -0.465 e. The molecule has 4 aliphatic carbocycles. The Morgan fingerprint density at radius 1 is 0.571 bits per heavy atom. The van der Waals surface area contributed by atoms with Crippen molar-refractivity contribution in [3.8, 4) is 0 Å². The lowest BCUT2D eigenvalue weighted by Crippen LogP contribution is -3.07. The molecular formula is C15H4F18O2. The van der Waals surface area contributed by atoms with Crippen molar-refractivity contribution in [2.45, 2.75) is 58.7 Å². The highest BCUT2D eigenvalue weighted by Gasteiger charge is 3.22. The van der Waals surface area contributed by atoms with E-state index in [2.05, 4.69) is 4.74 Å². The average molecular weight is 558 g/mol. The molecule has 0 radical (unpaired) electrons. The lowest BCUT2D eigenvalue weighted by atomic mass is 9.36. The van der Waals surface area contributed by atoms with E-state index in [4.69, 9.17) is 0 Å². The van der Waals surface area contributed by atoms with Crippen molar-refractivity contribution in [1.82, 2.24) is 0 Å². The fourth-order valence-electron chi connectivity index (χ4n) is 4.75. The molecule has 0 unspecified atom stereocenters. The average Bonchev–Trinajstić information content (AvgIpc) is 2.66. The van der Waals surface area contributed by atoms with Crippen LogP contribution in [0.5, 0.6) is 0 Å². The first-order valence-electron chi connectivity index (χ1n) is 8.30. The zero-order valence-electron chi connectivity index (χ0n) is 15.7. The fraction of sp³-hybridized carbons (Fsp3) is 0.800. The maximum atomic E-state index is 14.9. The van der Waals surface area contributed by atoms with E-state index < -0.39 is 81.8 Å². The number of ether oxygens (including phenoxy) is 1. The number of esters is 1. The van der Waals surface area contributed by atoms with Crippen molar-refractivity contribution in [2.24, 2.45) is 5.41 Å². The molecule has 4 aliphatic rings. The van der Waals surface area contributed by atoms with Crippen molar-refractivity contribution >= 4 is 5.97 Å². The van der Waals surface area contributed by atoms with Crippen molar-refractivity contribution in [1.29, 1.82) is 0 Å². The molecule has 0 aromatic rings. The second-order valence-corrected chi connectivity index (χ2v) is 7.78. The molecule has 2 nitrogen and oxygen atoms in total. The van der Waals surface area contributed by atoms with E-state index in [1.165, 1.54) is 0 Å². The van der Waals surface area contributed by atoms with E-state index in [0.29, 0.717) is 0 Å². The summed E-state index contributed by atoms with van der Waals surface area (Å²) < 4.78 is 261. The molecule has 4 bridgehead atoms. The summed E-state index contributed by atoms with van der Waals surface area (Å²) in [7, 11) is -0.115. The fourth-order valence-corrected chi connectivity index (χ4v) is 4.75. The second kappa shape index (κ2) is 5.91. The maximum Gasteiger partial charge on any atom is 0.423 e. The molecule has 0 aromatic carbocycles. The molecule has 4 saturated carbocycles. The summed E-state index contributed by atoms with van der Waals surface area (Å²) >= 11 is 0. The Hall–Kier alpha value is -2.05. The Kier molecular flexibility index (Phi) is 4.65. The molecule has 0 atom stereocenters. The van der Waals surface area contributed by atoms with Gasteiger partial charge in [-0.3, -0.25) is 0 Å². The topological polar surface area (TPSA) is 26.3 Å². The summed E-state index contributed by atoms with van der Waals surface area (Å²) in [6.07, 6.45) is -9.38. The lowest BCUT2D eigenvalue weighted by molar-refractivity contribution is -0.604. The predicted octanol–water partition coefficient (Wildman–Crippen LogP) is 5.61. The smallest absolute Gasteiger partial charge is 0.423 e. The van der Waals surface area contributed by atoms with Gasteiger partial charge in [0.25, 0.3) is 0 Å². The van der Waals surface area contributed by atoms with E-state index in [0.717, 1.165) is 0 Å². The van der Waals surface area contributed by atoms with Crippen molar-refractivity contribution < 1.29 is 88.6 Å². The minimum atomic E-state index is -8.15. The molecule has 4 rings (SSSR count). The van der Waals surface area contributed by atoms with E-state index in [1.807, 2.05) is 0 Å². The lowest BCUT2D eigenvalue weighted by Gasteiger charge is -2.74. The molecule has 202 valence electrons. The largest absolute Gasteiger partial charge is 0.465 e. The van der Waals surface area contributed by atoms with Crippen molar-refractivity contribution in [2.75, 3.05) is 7.11 Å². The summed E-state index contributed by atoms with van der Waals surface area (Å²) in [5, 5.41) is 0. The molecule has 0 heterocycles. The number of alkyl halides is 18. The van der Waals surface area contributed by atoms with Crippen LogP contribution in [0, 0.1) is 5.41 Å². The normalized spacial score (nSPS) is 43.7. The monoisotopic (exact) mass is 558 g/mol. The van der Waals surface area contributed by atoms with Gasteiger partial charge in [0.2, 0.25) is 0 Å². The highest BCUT2D eigenvalue weighted by molar-refractivity contribution is 5.90. The zero-order valence-corrected chi connectivity index (χ0v) is 15.7. The van der Waals surface area contributed by atoms with Crippen LogP contribution in [0.4, 0.5) is 79.0 Å². The maximum absolute atomic E-state index is 14.9. The highest BCUT2D eigenvalue weighted by Crippen LogP contribution is 2.91. The van der Waals surface area contributed by atoms with Crippen LogP contribution in [0.1, 0.15) is 0 Å². The van der Waals surface area contributed by atoms with Gasteiger partial charge in [0.15, 0.2) is 5.41 Å². The van der Waals surface area contributed by atoms with E-state index in [-0.39, 0.29) is 7.11 Å². The number of halogens is 18. The highest BCUT2D eigenvalue weighted by atomic mass is 19.4. The summed E-state index contributed by atoms with van der Waals surface area (Å²) in [6, 6.07) is 0. The molecule has 0 amide bonds. The van der Waals surface area contributed by atoms with Crippen molar-refractivity contribution in [3.05, 3.63) is 11.6 Å². The van der Waals surface area contributed by atoms with Gasteiger partial charge >= 0.3 is 64.7 Å². The van der Waals surface area contributed by atoms with Gasteiger partial charge in [-0.1, -0.05) is 0 Å². The summed E-state index contributed by atoms with van der Waals surface area (Å²) in [5.41, 5.74) is -35.6. The molecule has 0 spiro atoms. The summed E-state index contributed by atoms with van der Waals surface area (Å²) in [6.45, 7) is 0. The molecule has 0 N–H and O–H groups in total. The Morgan fingerprint density at radius 3 is 1.03 bits per heavy atom. The summed E-state index contributed by atoms with van der Waals surface area (Å²) in [4.78, 5) is 11.3. The van der Waals surface area contributed by atoms with Gasteiger partial charge in [-0.2, -0.15) is 39.5 Å². The molecule has 0 aliphatic heterocycles. The molecule has 4 fully saturated rings. The number of carbonyl (C=O) groups excluding carboxylic acids is 1. The number of allylic oxidation sites excluding steroid dienone is 1. The first kappa shape index (κ1) is 27.5. The van der Waals surface area contributed by atoms with Gasteiger partial charge in [-0.15, -0.1) is 0 Å². The van der Waals surface area contributed by atoms with Crippen LogP contribution in [0.15, 0.2) is 11.6 Å². The van der Waals surface area contributed by atoms with E-state index in [1.54, 1.807) is 0 Å². The predicted molar refractivity (Wildman–Crippen MR) is 69.8 cm³/mol. The van der Waals surface area contributed by atoms with Gasteiger partial charge in [0.05, 0.1) is 7.11 Å². The van der Waals surface area contributed by atoms with E-state index in [9.17, 15) is 83.8 Å². The quantitative estimate of drug-likeness (QED) is 0.250. The first-order chi connectivity index (χ1) is 15.1. The third kappa shape index (κ3) is 1.90. The van der Waals surface area contributed by atoms with Crippen molar-refractivity contribution in [3.63, 3.8) is 0 Å². The number of carbonyl (C=O) groups is 1. The Morgan fingerprint density at radius 2 is 0.829 bits per heavy atom. The third-order valence-corrected chi connectivity index (χ3v) is 6.45. The van der Waals surface area contributed by atoms with Crippen LogP contribution in [-0.4, -0.2) is 71.8 Å². The number of rotatable bonds is 2. The SMILES string of the molecule is COC(=O)C(=CC12C(F)(F)C3(F)C(F)(F)C(F)(C(F)(F)C(F)(C3(F)F)C1(F)F)C2(F)F)C(F)(F)F. The second-order valence-electron chi connectivity index (χ2n) is 7.78. The number of hydrogen-bond acceptors (Lipinski definition) is 2. The Bertz CT molecular complexity index is 908. The molecule has 35 heavy (non-hydrogen) atoms. The van der Waals surface area contributed by atoms with Gasteiger partial charge < -0.3 is 4.74 Å². The number of methoxy groups -OCH3 is 1. The van der Waals surface area contributed by atoms with Crippen LogP contribution in [0.3, 0.4) is 0 Å². The third-order valence-electron chi connectivity index (χ3n) is 6.45. The molecule has 20 heteroatoms. The van der Waals surface area contributed by atoms with Crippen LogP contribution in [-0.2, 0) is 9.53 Å². The van der Waals surface area contributed by atoms with Gasteiger partial charge in [-0.05, 0) is 6.08 Å². The minimum absolute atomic E-state index is 0.115. The van der Waals surface area contributed by atoms with E-state index >= 15 is 0 Å². The summed E-state index contributed by atoms with van der Waals surface area (Å²) in [5.74, 6) is -52.0. The van der Waals surface area contributed by atoms with Crippen LogP contribution in [0.2, 0.25) is 0 Å². The standard InChI is InChI=1S/C15H4F18O2/c1-35-4(34)3(6(16,17)18)2-5-10(22,23)7(19)13(28,29)8(20,11(5,24)25)15(32,33)9(21,12(5,26)27)14(7,30)31/h2H,1H3. The molecule has 0 aromatic heterocycles. The van der Waals surface area contributed by atoms with Crippen LogP contribution in [0.25, 0.3) is 0 Å². The molecule has 0 saturated heterocycles. The van der Waals surface area contributed by atoms with Gasteiger partial charge in [0, 0.05) is 0 Å². The first-order valence-corrected chi connectivity index (χ1v) is 8.30. The zero-order chi connectivity index (χ0) is 28.1. The van der Waals surface area contributed by atoms with Gasteiger partial charge in [-0.25, -0.2) is 44.3 Å². The van der Waals surface area contributed by atoms with Gasteiger partial charge in [0.1, 0.15) is 5.57 Å². The number of hydrogen-bond donors (Lipinski definition) is 0. The molecular weight excluding hydrogens is 554 g/mol. The Labute approximate surface area is 178 Å². The van der Waals surface area contributed by atoms with Crippen LogP contribution >= 0.6 is 0 Å². The van der Waals surface area contributed by atoms with Crippen LogP contribution < -0.4 is 0 Å². The Balaban J connectivity index is 2.77.